The Morgan fingerprint density at radius 3 is 2.91 bits per heavy atom. The summed E-state index contributed by atoms with van der Waals surface area (Å²) in [6.45, 7) is 0.306. The zero-order valence-electron chi connectivity index (χ0n) is 12.5. The van der Waals surface area contributed by atoms with Gasteiger partial charge in [0.2, 0.25) is 5.91 Å². The van der Waals surface area contributed by atoms with E-state index in [1.807, 2.05) is 0 Å². The van der Waals surface area contributed by atoms with Crippen molar-refractivity contribution < 1.29 is 19.1 Å². The molecule has 1 aromatic rings. The Balaban J connectivity index is 0.00000242. The highest BCUT2D eigenvalue weighted by Crippen LogP contribution is 2.33. The van der Waals surface area contributed by atoms with E-state index in [1.165, 1.54) is 12.0 Å². The van der Waals surface area contributed by atoms with Crippen LogP contribution in [0.25, 0.3) is 0 Å². The molecule has 0 aromatic heterocycles. The number of amides is 2. The van der Waals surface area contributed by atoms with E-state index >= 15 is 0 Å². The molecular formula is C14H20ClN3O4. The average Bonchev–Trinajstić information content (AvgIpc) is 2.49. The zero-order valence-corrected chi connectivity index (χ0v) is 13.3. The van der Waals surface area contributed by atoms with Gasteiger partial charge >= 0.3 is 0 Å². The van der Waals surface area contributed by atoms with Crippen LogP contribution in [0.15, 0.2) is 18.2 Å². The smallest absolute Gasteiger partial charge is 0.264 e. The van der Waals surface area contributed by atoms with Gasteiger partial charge in [-0.3, -0.25) is 9.59 Å². The second kappa shape index (κ2) is 7.98. The molecule has 1 atom stereocenters. The molecule has 7 nitrogen and oxygen atoms in total. The van der Waals surface area contributed by atoms with Crippen molar-refractivity contribution in [2.75, 3.05) is 37.5 Å². The van der Waals surface area contributed by atoms with Gasteiger partial charge in [0.1, 0.15) is 5.75 Å². The Morgan fingerprint density at radius 1 is 1.55 bits per heavy atom. The molecule has 2 amide bonds. The number of hydrogen-bond donors (Lipinski definition) is 2. The number of fused-ring (bicyclic) bond motifs is 1. The summed E-state index contributed by atoms with van der Waals surface area (Å²) in [4.78, 5) is 25.0. The first-order valence-electron chi connectivity index (χ1n) is 6.61. The fraction of sp³-hybridized carbons (Fsp3) is 0.429. The molecule has 1 aliphatic heterocycles. The molecule has 8 heteroatoms. The molecule has 0 fully saturated rings. The number of carbonyl (C=O) groups is 2. The van der Waals surface area contributed by atoms with E-state index in [0.717, 1.165) is 0 Å². The molecule has 0 spiro atoms. The molecule has 1 unspecified atom stereocenters. The maximum atomic E-state index is 11.9. The first-order valence-corrected chi connectivity index (χ1v) is 6.61. The van der Waals surface area contributed by atoms with Crippen LogP contribution in [0, 0.1) is 0 Å². The van der Waals surface area contributed by atoms with Crippen molar-refractivity contribution in [3.05, 3.63) is 18.2 Å². The van der Waals surface area contributed by atoms with Gasteiger partial charge in [0.05, 0.1) is 18.2 Å². The molecule has 0 bridgehead atoms. The highest BCUT2D eigenvalue weighted by molar-refractivity contribution is 5.99. The van der Waals surface area contributed by atoms with E-state index in [2.05, 4.69) is 5.32 Å². The summed E-state index contributed by atoms with van der Waals surface area (Å²) in [6, 6.07) is 5.16. The van der Waals surface area contributed by atoms with Crippen molar-refractivity contribution in [1.29, 1.82) is 0 Å². The van der Waals surface area contributed by atoms with Crippen molar-refractivity contribution in [3.63, 3.8) is 0 Å². The SMILES string of the molecule is COC(CN)CC(=O)Nc1ccc2c(c1)N(C)C(=O)CO2.Cl. The zero-order chi connectivity index (χ0) is 15.4. The lowest BCUT2D eigenvalue weighted by Crippen LogP contribution is -2.35. The largest absolute Gasteiger partial charge is 0.482 e. The number of benzene rings is 1. The van der Waals surface area contributed by atoms with Gasteiger partial charge in [-0.1, -0.05) is 0 Å². The number of anilines is 2. The quantitative estimate of drug-likeness (QED) is 0.832. The summed E-state index contributed by atoms with van der Waals surface area (Å²) in [5, 5.41) is 2.76. The number of ether oxygens (including phenoxy) is 2. The second-order valence-corrected chi connectivity index (χ2v) is 4.77. The van der Waals surface area contributed by atoms with Gasteiger partial charge in [-0.05, 0) is 18.2 Å². The van der Waals surface area contributed by atoms with Crippen molar-refractivity contribution in [2.24, 2.45) is 5.73 Å². The van der Waals surface area contributed by atoms with Gasteiger partial charge in [0.25, 0.3) is 5.91 Å². The summed E-state index contributed by atoms with van der Waals surface area (Å²) in [7, 11) is 3.19. The second-order valence-electron chi connectivity index (χ2n) is 4.77. The van der Waals surface area contributed by atoms with Crippen molar-refractivity contribution >= 4 is 35.6 Å². The monoisotopic (exact) mass is 329 g/mol. The lowest BCUT2D eigenvalue weighted by atomic mass is 10.2. The van der Waals surface area contributed by atoms with Crippen molar-refractivity contribution in [1.82, 2.24) is 0 Å². The van der Waals surface area contributed by atoms with E-state index in [0.29, 0.717) is 17.1 Å². The molecular weight excluding hydrogens is 310 g/mol. The van der Waals surface area contributed by atoms with Crippen LogP contribution in [0.3, 0.4) is 0 Å². The number of hydrogen-bond acceptors (Lipinski definition) is 5. The first-order chi connectivity index (χ1) is 10.0. The van der Waals surface area contributed by atoms with Gasteiger partial charge in [0, 0.05) is 26.4 Å². The molecule has 2 rings (SSSR count). The summed E-state index contributed by atoms with van der Waals surface area (Å²) < 4.78 is 10.4. The maximum absolute atomic E-state index is 11.9. The number of halogens is 1. The molecule has 0 saturated heterocycles. The van der Waals surface area contributed by atoms with Gasteiger partial charge in [0.15, 0.2) is 6.61 Å². The van der Waals surface area contributed by atoms with E-state index in [4.69, 9.17) is 15.2 Å². The van der Waals surface area contributed by atoms with Crippen LogP contribution in [0.1, 0.15) is 6.42 Å². The summed E-state index contributed by atoms with van der Waals surface area (Å²) in [6.07, 6.45) is -0.134. The van der Waals surface area contributed by atoms with Crippen LogP contribution in [0.4, 0.5) is 11.4 Å². The normalized spacial score (nSPS) is 14.5. The molecule has 0 aliphatic carbocycles. The standard InChI is InChI=1S/C14H19N3O4.ClH/c1-17-11-5-9(3-4-12(11)21-8-14(17)19)16-13(18)6-10(7-15)20-2;/h3-5,10H,6-8,15H2,1-2H3,(H,16,18);1H. The first kappa shape index (κ1) is 18.2. The topological polar surface area (TPSA) is 93.9 Å². The summed E-state index contributed by atoms with van der Waals surface area (Å²) in [5.41, 5.74) is 6.71. The van der Waals surface area contributed by atoms with Gasteiger partial charge < -0.3 is 25.4 Å². The van der Waals surface area contributed by atoms with E-state index in [1.54, 1.807) is 25.2 Å². The fourth-order valence-electron chi connectivity index (χ4n) is 2.03. The highest BCUT2D eigenvalue weighted by atomic mass is 35.5. The molecule has 0 radical (unpaired) electrons. The summed E-state index contributed by atoms with van der Waals surface area (Å²) >= 11 is 0. The highest BCUT2D eigenvalue weighted by Gasteiger charge is 2.22. The molecule has 22 heavy (non-hydrogen) atoms. The lowest BCUT2D eigenvalue weighted by molar-refractivity contribution is -0.121. The Hall–Kier alpha value is -1.83. The van der Waals surface area contributed by atoms with Crippen molar-refractivity contribution in [2.45, 2.75) is 12.5 Å². The Bertz CT molecular complexity index is 549. The number of rotatable bonds is 5. The van der Waals surface area contributed by atoms with E-state index < -0.39 is 0 Å². The predicted octanol–water partition coefficient (Wildman–Crippen LogP) is 0.766. The fourth-order valence-corrected chi connectivity index (χ4v) is 2.03. The Morgan fingerprint density at radius 2 is 2.27 bits per heavy atom. The third-order valence-electron chi connectivity index (χ3n) is 3.34. The number of methoxy groups -OCH3 is 1. The molecule has 122 valence electrons. The molecule has 3 N–H and O–H groups in total. The molecule has 0 saturated carbocycles. The van der Waals surface area contributed by atoms with Crippen LogP contribution in [-0.2, 0) is 14.3 Å². The van der Waals surface area contributed by atoms with Gasteiger partial charge in [-0.2, -0.15) is 0 Å². The number of carbonyl (C=O) groups excluding carboxylic acids is 2. The Labute approximate surface area is 135 Å². The minimum absolute atomic E-state index is 0. The minimum atomic E-state index is -0.310. The van der Waals surface area contributed by atoms with Crippen LogP contribution in [-0.4, -0.2) is 45.2 Å². The average molecular weight is 330 g/mol. The maximum Gasteiger partial charge on any atom is 0.264 e. The van der Waals surface area contributed by atoms with E-state index in [-0.39, 0.29) is 49.9 Å². The lowest BCUT2D eigenvalue weighted by Gasteiger charge is -2.26. The molecule has 1 aliphatic rings. The Kier molecular flexibility index (Phi) is 6.61. The number of nitrogens with zero attached hydrogens (tertiary/aromatic N) is 1. The number of nitrogens with one attached hydrogen (secondary N) is 1. The number of nitrogens with two attached hydrogens (primary N) is 1. The molecule has 1 aromatic carbocycles. The van der Waals surface area contributed by atoms with Gasteiger partial charge in [-0.15, -0.1) is 12.4 Å². The minimum Gasteiger partial charge on any atom is -0.482 e. The third-order valence-corrected chi connectivity index (χ3v) is 3.34. The van der Waals surface area contributed by atoms with Gasteiger partial charge in [-0.25, -0.2) is 0 Å². The molecule has 1 heterocycles. The predicted molar refractivity (Wildman–Crippen MR) is 85.7 cm³/mol. The van der Waals surface area contributed by atoms with Crippen LogP contribution < -0.4 is 20.7 Å². The van der Waals surface area contributed by atoms with Crippen LogP contribution in [0.2, 0.25) is 0 Å². The van der Waals surface area contributed by atoms with Crippen LogP contribution >= 0.6 is 12.4 Å². The van der Waals surface area contributed by atoms with E-state index in [9.17, 15) is 9.59 Å². The number of likely N-dealkylation sites (N-methyl/N-ethyl adjacent to an activating group) is 1. The van der Waals surface area contributed by atoms with Crippen molar-refractivity contribution in [3.8, 4) is 5.75 Å². The summed E-state index contributed by atoms with van der Waals surface area (Å²) in [5.74, 6) is 0.290. The third kappa shape index (κ3) is 4.09. The van der Waals surface area contributed by atoms with Crippen LogP contribution in [0.5, 0.6) is 5.75 Å².